The van der Waals surface area contributed by atoms with Crippen molar-refractivity contribution in [2.75, 3.05) is 32.1 Å². The Morgan fingerprint density at radius 1 is 1.11 bits per heavy atom. The number of nitrogens with zero attached hydrogens (tertiary/aromatic N) is 3. The van der Waals surface area contributed by atoms with Crippen molar-refractivity contribution in [1.82, 2.24) is 9.88 Å². The van der Waals surface area contributed by atoms with E-state index in [1.165, 1.54) is 11.1 Å². The van der Waals surface area contributed by atoms with Crippen molar-refractivity contribution in [1.29, 1.82) is 0 Å². The van der Waals surface area contributed by atoms with Crippen molar-refractivity contribution < 1.29 is 4.79 Å². The molecule has 3 aromatic rings. The third-order valence-electron chi connectivity index (χ3n) is 4.31. The third kappa shape index (κ3) is 5.08. The van der Waals surface area contributed by atoms with Crippen LogP contribution in [-0.4, -0.2) is 43.0 Å². The Morgan fingerprint density at radius 3 is 2.48 bits per heavy atom. The maximum Gasteiger partial charge on any atom is 0.260 e. The van der Waals surface area contributed by atoms with Crippen molar-refractivity contribution in [3.05, 3.63) is 57.6 Å². The number of amides is 1. The van der Waals surface area contributed by atoms with E-state index in [2.05, 4.69) is 46.8 Å². The Balaban J connectivity index is 0.00000261. The number of hydrogen-bond donors (Lipinski definition) is 0. The third-order valence-corrected chi connectivity index (χ3v) is 5.85. The van der Waals surface area contributed by atoms with E-state index in [4.69, 9.17) is 4.98 Å². The summed E-state index contributed by atoms with van der Waals surface area (Å²) in [7, 11) is 4.01. The number of benzene rings is 2. The first kappa shape index (κ1) is 21.8. The molecule has 144 valence electrons. The SMILES string of the molecule is Cc1cc2nc(N(CCN(C)C)C(=O)c3cccc(Br)c3)sc2cc1C.Cl. The molecule has 27 heavy (non-hydrogen) atoms. The molecular formula is C20H23BrClN3OS. The quantitative estimate of drug-likeness (QED) is 0.509. The average Bonchev–Trinajstić information content (AvgIpc) is 2.97. The highest BCUT2D eigenvalue weighted by atomic mass is 79.9. The standard InChI is InChI=1S/C20H22BrN3OS.ClH/c1-13-10-17-18(11-14(13)2)26-20(22-17)24(9-8-23(3)4)19(25)15-6-5-7-16(21)12-15;/h5-7,10-12H,8-9H2,1-4H3;1H. The number of hydrogen-bond acceptors (Lipinski definition) is 4. The van der Waals surface area contributed by atoms with Gasteiger partial charge in [-0.25, -0.2) is 4.98 Å². The Kier molecular flexibility index (Phi) is 7.40. The summed E-state index contributed by atoms with van der Waals surface area (Å²) in [4.78, 5) is 21.8. The highest BCUT2D eigenvalue weighted by molar-refractivity contribution is 9.10. The smallest absolute Gasteiger partial charge is 0.260 e. The Bertz CT molecular complexity index is 919. The number of fused-ring (bicyclic) bond motifs is 1. The molecule has 1 aromatic heterocycles. The second-order valence-corrected chi connectivity index (χ2v) is 8.60. The van der Waals surface area contributed by atoms with Crippen LogP contribution in [0.5, 0.6) is 0 Å². The summed E-state index contributed by atoms with van der Waals surface area (Å²) >= 11 is 5.02. The van der Waals surface area contributed by atoms with Crippen molar-refractivity contribution >= 4 is 60.9 Å². The highest BCUT2D eigenvalue weighted by Gasteiger charge is 2.21. The molecule has 3 rings (SSSR count). The van der Waals surface area contributed by atoms with Crippen LogP contribution in [0.1, 0.15) is 21.5 Å². The number of aromatic nitrogens is 1. The fourth-order valence-electron chi connectivity index (χ4n) is 2.64. The summed E-state index contributed by atoms with van der Waals surface area (Å²) < 4.78 is 2.01. The first-order chi connectivity index (χ1) is 12.3. The van der Waals surface area contributed by atoms with Crippen LogP contribution < -0.4 is 4.90 Å². The van der Waals surface area contributed by atoms with Gasteiger partial charge in [0.25, 0.3) is 5.91 Å². The summed E-state index contributed by atoms with van der Waals surface area (Å²) in [5.41, 5.74) is 4.06. The van der Waals surface area contributed by atoms with Gasteiger partial charge >= 0.3 is 0 Å². The van der Waals surface area contributed by atoms with Crippen molar-refractivity contribution in [3.63, 3.8) is 0 Å². The lowest BCUT2D eigenvalue weighted by Crippen LogP contribution is -2.36. The predicted octanol–water partition coefficient (Wildman–Crippen LogP) is 5.31. The van der Waals surface area contributed by atoms with Crippen LogP contribution in [-0.2, 0) is 0 Å². The van der Waals surface area contributed by atoms with Gasteiger partial charge in [0.15, 0.2) is 5.13 Å². The molecule has 0 aliphatic carbocycles. The van der Waals surface area contributed by atoms with Gasteiger partial charge in [-0.3, -0.25) is 9.69 Å². The summed E-state index contributed by atoms with van der Waals surface area (Å²) in [6.45, 7) is 5.55. The van der Waals surface area contributed by atoms with Gasteiger partial charge in [-0.05, 0) is 69.4 Å². The van der Waals surface area contributed by atoms with E-state index < -0.39 is 0 Å². The lowest BCUT2D eigenvalue weighted by atomic mass is 10.1. The molecule has 0 unspecified atom stereocenters. The second kappa shape index (κ2) is 9.15. The molecule has 7 heteroatoms. The first-order valence-electron chi connectivity index (χ1n) is 8.45. The zero-order valence-corrected chi connectivity index (χ0v) is 19.0. The van der Waals surface area contributed by atoms with E-state index in [1.54, 1.807) is 16.2 Å². The number of aryl methyl sites for hydroxylation is 2. The second-order valence-electron chi connectivity index (χ2n) is 6.67. The number of carbonyl (C=O) groups is 1. The maximum absolute atomic E-state index is 13.2. The van der Waals surface area contributed by atoms with Gasteiger partial charge in [0, 0.05) is 23.1 Å². The highest BCUT2D eigenvalue weighted by Crippen LogP contribution is 2.31. The summed E-state index contributed by atoms with van der Waals surface area (Å²) in [6, 6.07) is 11.7. The Morgan fingerprint density at radius 2 is 1.81 bits per heavy atom. The molecule has 0 bridgehead atoms. The van der Waals surface area contributed by atoms with Gasteiger partial charge in [0.2, 0.25) is 0 Å². The molecule has 1 amide bonds. The van der Waals surface area contributed by atoms with Crippen molar-refractivity contribution in [2.24, 2.45) is 0 Å². The molecular weight excluding hydrogens is 446 g/mol. The number of rotatable bonds is 5. The van der Waals surface area contributed by atoms with E-state index in [0.717, 1.165) is 26.4 Å². The van der Waals surface area contributed by atoms with Crippen LogP contribution in [0.15, 0.2) is 40.9 Å². The van der Waals surface area contributed by atoms with Gasteiger partial charge < -0.3 is 4.90 Å². The summed E-state index contributed by atoms with van der Waals surface area (Å²) in [5, 5.41) is 0.747. The molecule has 0 atom stereocenters. The lowest BCUT2D eigenvalue weighted by molar-refractivity contribution is 0.0985. The van der Waals surface area contributed by atoms with E-state index >= 15 is 0 Å². The van der Waals surface area contributed by atoms with Crippen molar-refractivity contribution in [3.8, 4) is 0 Å². The molecule has 0 spiro atoms. The van der Waals surface area contributed by atoms with Crippen LogP contribution in [0.4, 0.5) is 5.13 Å². The zero-order valence-electron chi connectivity index (χ0n) is 15.8. The largest absolute Gasteiger partial charge is 0.308 e. The van der Waals surface area contributed by atoms with Crippen LogP contribution in [0, 0.1) is 13.8 Å². The normalized spacial score (nSPS) is 10.9. The van der Waals surface area contributed by atoms with Crippen molar-refractivity contribution in [2.45, 2.75) is 13.8 Å². The minimum atomic E-state index is -0.0272. The summed E-state index contributed by atoms with van der Waals surface area (Å²) in [6.07, 6.45) is 0. The van der Waals surface area contributed by atoms with Gasteiger partial charge in [-0.1, -0.05) is 33.3 Å². The summed E-state index contributed by atoms with van der Waals surface area (Å²) in [5.74, 6) is -0.0272. The maximum atomic E-state index is 13.2. The zero-order chi connectivity index (χ0) is 18.8. The van der Waals surface area contributed by atoms with Crippen LogP contribution in [0.3, 0.4) is 0 Å². The van der Waals surface area contributed by atoms with Crippen LogP contribution in [0.25, 0.3) is 10.2 Å². The predicted molar refractivity (Wildman–Crippen MR) is 121 cm³/mol. The van der Waals surface area contributed by atoms with Crippen LogP contribution >= 0.6 is 39.7 Å². The van der Waals surface area contributed by atoms with E-state index in [-0.39, 0.29) is 18.3 Å². The average molecular weight is 469 g/mol. The molecule has 0 aliphatic heterocycles. The van der Waals surface area contributed by atoms with Gasteiger partial charge in [0.1, 0.15) is 0 Å². The fraction of sp³-hybridized carbons (Fsp3) is 0.300. The first-order valence-corrected chi connectivity index (χ1v) is 10.1. The number of carbonyl (C=O) groups excluding carboxylic acids is 1. The number of thiazole rings is 1. The molecule has 0 N–H and O–H groups in total. The molecule has 0 aliphatic rings. The Labute approximate surface area is 178 Å². The van der Waals surface area contributed by atoms with E-state index in [0.29, 0.717) is 12.1 Å². The van der Waals surface area contributed by atoms with Gasteiger partial charge in [0.05, 0.1) is 10.2 Å². The lowest BCUT2D eigenvalue weighted by Gasteiger charge is -2.22. The fourth-order valence-corrected chi connectivity index (χ4v) is 4.11. The number of halogens is 2. The minimum Gasteiger partial charge on any atom is -0.308 e. The molecule has 0 fully saturated rings. The topological polar surface area (TPSA) is 36.4 Å². The Hall–Kier alpha value is -1.47. The van der Waals surface area contributed by atoms with Gasteiger partial charge in [-0.2, -0.15) is 0 Å². The molecule has 0 radical (unpaired) electrons. The minimum absolute atomic E-state index is 0. The molecule has 2 aromatic carbocycles. The monoisotopic (exact) mass is 467 g/mol. The van der Waals surface area contributed by atoms with E-state index in [1.807, 2.05) is 38.4 Å². The molecule has 0 saturated heterocycles. The van der Waals surface area contributed by atoms with Crippen LogP contribution in [0.2, 0.25) is 0 Å². The number of likely N-dealkylation sites (N-methyl/N-ethyl adjacent to an activating group) is 1. The molecule has 1 heterocycles. The number of anilines is 1. The molecule has 0 saturated carbocycles. The molecule has 4 nitrogen and oxygen atoms in total. The van der Waals surface area contributed by atoms with E-state index in [9.17, 15) is 4.79 Å². The van der Waals surface area contributed by atoms with Gasteiger partial charge in [-0.15, -0.1) is 12.4 Å².